The quantitative estimate of drug-likeness (QED) is 0.866. The molecule has 0 saturated carbocycles. The van der Waals surface area contributed by atoms with Crippen molar-refractivity contribution in [2.75, 3.05) is 13.7 Å². The molecule has 1 atom stereocenters. The topological polar surface area (TPSA) is 21.3 Å². The van der Waals surface area contributed by atoms with E-state index in [9.17, 15) is 0 Å². The van der Waals surface area contributed by atoms with Gasteiger partial charge in [0.25, 0.3) is 0 Å². The van der Waals surface area contributed by atoms with E-state index in [4.69, 9.17) is 16.3 Å². The lowest BCUT2D eigenvalue weighted by Gasteiger charge is -2.19. The fourth-order valence-corrected chi connectivity index (χ4v) is 2.20. The summed E-state index contributed by atoms with van der Waals surface area (Å²) in [4.78, 5) is 0. The van der Waals surface area contributed by atoms with E-state index in [0.29, 0.717) is 6.61 Å². The summed E-state index contributed by atoms with van der Waals surface area (Å²) < 4.78 is 6.03. The lowest BCUT2D eigenvalue weighted by atomic mass is 10.0. The van der Waals surface area contributed by atoms with Gasteiger partial charge in [-0.15, -0.1) is 0 Å². The van der Waals surface area contributed by atoms with Gasteiger partial charge in [0.2, 0.25) is 0 Å². The number of benzene rings is 2. The molecule has 2 rings (SSSR count). The molecule has 2 aromatic rings. The van der Waals surface area contributed by atoms with Crippen molar-refractivity contribution in [3.05, 3.63) is 53.1 Å². The van der Waals surface area contributed by atoms with Crippen LogP contribution >= 0.6 is 11.6 Å². The Hall–Kier alpha value is -1.51. The van der Waals surface area contributed by atoms with Gasteiger partial charge in [-0.1, -0.05) is 48.0 Å². The third-order valence-electron chi connectivity index (χ3n) is 3.44. The van der Waals surface area contributed by atoms with E-state index >= 15 is 0 Å². The SMILES string of the molecule is CNC(C)c1ccc2ccccc2c1OC/C(C)=C/Cl. The Morgan fingerprint density at radius 2 is 2.05 bits per heavy atom. The van der Waals surface area contributed by atoms with Gasteiger partial charge in [-0.2, -0.15) is 0 Å². The van der Waals surface area contributed by atoms with Crippen molar-refractivity contribution in [3.8, 4) is 5.75 Å². The van der Waals surface area contributed by atoms with Crippen molar-refractivity contribution in [1.82, 2.24) is 5.32 Å². The summed E-state index contributed by atoms with van der Waals surface area (Å²) in [5.41, 5.74) is 3.72. The van der Waals surface area contributed by atoms with Gasteiger partial charge in [-0.3, -0.25) is 0 Å². The van der Waals surface area contributed by atoms with Crippen LogP contribution in [0.1, 0.15) is 25.5 Å². The van der Waals surface area contributed by atoms with Crippen molar-refractivity contribution in [1.29, 1.82) is 0 Å². The summed E-state index contributed by atoms with van der Waals surface area (Å²) in [6.45, 7) is 4.58. The van der Waals surface area contributed by atoms with E-state index in [2.05, 4.69) is 36.5 Å². The van der Waals surface area contributed by atoms with Crippen LogP contribution in [0.15, 0.2) is 47.5 Å². The molecule has 0 amide bonds. The van der Waals surface area contributed by atoms with Gasteiger partial charge in [-0.05, 0) is 31.9 Å². The zero-order valence-electron chi connectivity index (χ0n) is 12.1. The van der Waals surface area contributed by atoms with Crippen LogP contribution in [0.2, 0.25) is 0 Å². The Kier molecular flexibility index (Phi) is 5.05. The molecule has 0 aliphatic carbocycles. The lowest BCUT2D eigenvalue weighted by molar-refractivity contribution is 0.349. The van der Waals surface area contributed by atoms with E-state index in [1.807, 2.05) is 26.1 Å². The van der Waals surface area contributed by atoms with Crippen LogP contribution in [-0.2, 0) is 0 Å². The molecule has 0 radical (unpaired) electrons. The number of fused-ring (bicyclic) bond motifs is 1. The highest BCUT2D eigenvalue weighted by molar-refractivity contribution is 6.25. The number of ether oxygens (including phenoxy) is 1. The molecule has 0 saturated heterocycles. The number of hydrogen-bond donors (Lipinski definition) is 1. The third kappa shape index (κ3) is 3.14. The van der Waals surface area contributed by atoms with Gasteiger partial charge in [0.1, 0.15) is 12.4 Å². The Labute approximate surface area is 125 Å². The van der Waals surface area contributed by atoms with Crippen LogP contribution in [0.5, 0.6) is 5.75 Å². The molecule has 2 aromatic carbocycles. The van der Waals surface area contributed by atoms with E-state index in [1.165, 1.54) is 5.39 Å². The zero-order valence-corrected chi connectivity index (χ0v) is 12.9. The second kappa shape index (κ2) is 6.78. The van der Waals surface area contributed by atoms with Crippen LogP contribution in [0.3, 0.4) is 0 Å². The molecule has 0 fully saturated rings. The summed E-state index contributed by atoms with van der Waals surface area (Å²) in [5.74, 6) is 0.933. The number of hydrogen-bond acceptors (Lipinski definition) is 2. The first-order valence-electron chi connectivity index (χ1n) is 6.75. The van der Waals surface area contributed by atoms with Gasteiger partial charge in [0.15, 0.2) is 0 Å². The van der Waals surface area contributed by atoms with Gasteiger partial charge in [0, 0.05) is 22.5 Å². The predicted molar refractivity (Wildman–Crippen MR) is 86.5 cm³/mol. The van der Waals surface area contributed by atoms with Crippen LogP contribution in [-0.4, -0.2) is 13.7 Å². The smallest absolute Gasteiger partial charge is 0.132 e. The maximum Gasteiger partial charge on any atom is 0.132 e. The Morgan fingerprint density at radius 1 is 1.30 bits per heavy atom. The largest absolute Gasteiger partial charge is 0.488 e. The minimum atomic E-state index is 0.231. The first kappa shape index (κ1) is 14.9. The summed E-state index contributed by atoms with van der Waals surface area (Å²) in [6.07, 6.45) is 0. The molecule has 106 valence electrons. The maximum atomic E-state index is 6.03. The first-order chi connectivity index (χ1) is 9.67. The van der Waals surface area contributed by atoms with Crippen LogP contribution in [0, 0.1) is 0 Å². The molecule has 3 heteroatoms. The summed E-state index contributed by atoms with van der Waals surface area (Å²) in [5, 5.41) is 5.58. The highest BCUT2D eigenvalue weighted by atomic mass is 35.5. The highest BCUT2D eigenvalue weighted by Gasteiger charge is 2.13. The standard InChI is InChI=1S/C17H20ClNO/c1-12(10-18)11-20-17-15(13(2)19-3)9-8-14-6-4-5-7-16(14)17/h4-10,13,19H,11H2,1-3H3/b12-10+. The van der Waals surface area contributed by atoms with E-state index in [1.54, 1.807) is 5.54 Å². The third-order valence-corrected chi connectivity index (χ3v) is 3.81. The van der Waals surface area contributed by atoms with Crippen molar-refractivity contribution < 1.29 is 4.74 Å². The number of nitrogens with one attached hydrogen (secondary N) is 1. The average molecular weight is 290 g/mol. The zero-order chi connectivity index (χ0) is 14.5. The summed E-state index contributed by atoms with van der Waals surface area (Å²) in [6, 6.07) is 12.8. The first-order valence-corrected chi connectivity index (χ1v) is 7.18. The minimum Gasteiger partial charge on any atom is -0.488 e. The van der Waals surface area contributed by atoms with E-state index in [-0.39, 0.29) is 6.04 Å². The van der Waals surface area contributed by atoms with Gasteiger partial charge in [-0.25, -0.2) is 0 Å². The van der Waals surface area contributed by atoms with Crippen LogP contribution in [0.4, 0.5) is 0 Å². The van der Waals surface area contributed by atoms with E-state index < -0.39 is 0 Å². The van der Waals surface area contributed by atoms with Crippen molar-refractivity contribution in [3.63, 3.8) is 0 Å². The van der Waals surface area contributed by atoms with Crippen LogP contribution < -0.4 is 10.1 Å². The molecule has 0 aromatic heterocycles. The highest BCUT2D eigenvalue weighted by Crippen LogP contribution is 2.33. The normalized spacial score (nSPS) is 13.5. The fraction of sp³-hybridized carbons (Fsp3) is 0.294. The Bertz CT molecular complexity index is 621. The minimum absolute atomic E-state index is 0.231. The molecule has 0 heterocycles. The Morgan fingerprint density at radius 3 is 2.75 bits per heavy atom. The molecule has 1 N–H and O–H groups in total. The molecule has 20 heavy (non-hydrogen) atoms. The molecule has 0 aliphatic heterocycles. The van der Waals surface area contributed by atoms with Crippen molar-refractivity contribution >= 4 is 22.4 Å². The predicted octanol–water partition coefficient (Wildman–Crippen LogP) is 4.64. The molecule has 0 bridgehead atoms. The average Bonchev–Trinajstić information content (AvgIpc) is 2.51. The maximum absolute atomic E-state index is 6.03. The summed E-state index contributed by atoms with van der Waals surface area (Å²) >= 11 is 5.71. The van der Waals surface area contributed by atoms with Crippen molar-refractivity contribution in [2.24, 2.45) is 0 Å². The van der Waals surface area contributed by atoms with Gasteiger partial charge >= 0.3 is 0 Å². The molecule has 0 spiro atoms. The Balaban J connectivity index is 2.49. The monoisotopic (exact) mass is 289 g/mol. The fourth-order valence-electron chi connectivity index (χ4n) is 2.13. The van der Waals surface area contributed by atoms with Crippen LogP contribution in [0.25, 0.3) is 10.8 Å². The molecule has 1 unspecified atom stereocenters. The van der Waals surface area contributed by atoms with E-state index in [0.717, 1.165) is 22.3 Å². The summed E-state index contributed by atoms with van der Waals surface area (Å²) in [7, 11) is 1.95. The van der Waals surface area contributed by atoms with Gasteiger partial charge in [0.05, 0.1) is 0 Å². The second-order valence-electron chi connectivity index (χ2n) is 4.96. The second-order valence-corrected chi connectivity index (χ2v) is 5.18. The lowest BCUT2D eigenvalue weighted by Crippen LogP contribution is -2.14. The van der Waals surface area contributed by atoms with Crippen molar-refractivity contribution in [2.45, 2.75) is 19.9 Å². The number of rotatable bonds is 5. The molecular formula is C17H20ClNO. The molecular weight excluding hydrogens is 270 g/mol. The number of halogens is 1. The van der Waals surface area contributed by atoms with Gasteiger partial charge < -0.3 is 10.1 Å². The molecule has 0 aliphatic rings. The molecule has 2 nitrogen and oxygen atoms in total.